The molecule has 0 spiro atoms. The van der Waals surface area contributed by atoms with Gasteiger partial charge in [-0.3, -0.25) is 14.2 Å². The number of nitrogens with one attached hydrogen (secondary N) is 1. The van der Waals surface area contributed by atoms with Gasteiger partial charge in [0.2, 0.25) is 11.8 Å². The number of carbonyl (C=O) groups excluding carboxylic acids is 2. The summed E-state index contributed by atoms with van der Waals surface area (Å²) >= 11 is 1.21. The molecular weight excluding hydrogens is 362 g/mol. The molecule has 0 aliphatic rings. The van der Waals surface area contributed by atoms with Crippen LogP contribution in [0.5, 0.6) is 0 Å². The zero-order valence-corrected chi connectivity index (χ0v) is 15.6. The van der Waals surface area contributed by atoms with Crippen LogP contribution in [0.2, 0.25) is 0 Å². The topological polar surface area (TPSA) is 103 Å². The minimum Gasteiger partial charge on any atom is -0.368 e. The maximum Gasteiger partial charge on any atom is 0.237 e. The minimum atomic E-state index is -0.501. The summed E-state index contributed by atoms with van der Waals surface area (Å²) < 4.78 is 1.64. The minimum absolute atomic E-state index is 0.0566. The van der Waals surface area contributed by atoms with Crippen molar-refractivity contribution in [3.8, 4) is 11.4 Å². The van der Waals surface area contributed by atoms with Crippen molar-refractivity contribution in [1.29, 1.82) is 0 Å². The van der Waals surface area contributed by atoms with Crippen molar-refractivity contribution in [2.24, 2.45) is 5.73 Å². The van der Waals surface area contributed by atoms with E-state index in [0.717, 1.165) is 16.8 Å². The van der Waals surface area contributed by atoms with Gasteiger partial charge in [-0.1, -0.05) is 53.7 Å². The molecule has 138 valence electrons. The third-order valence-corrected chi connectivity index (χ3v) is 4.66. The predicted octanol–water partition coefficient (Wildman–Crippen LogP) is 2.47. The van der Waals surface area contributed by atoms with Crippen molar-refractivity contribution in [2.75, 3.05) is 11.1 Å². The quantitative estimate of drug-likeness (QED) is 0.612. The summed E-state index contributed by atoms with van der Waals surface area (Å²) in [6.45, 7) is 1.92. The van der Waals surface area contributed by atoms with Crippen LogP contribution in [0.4, 0.5) is 5.69 Å². The fourth-order valence-electron chi connectivity index (χ4n) is 2.54. The third-order valence-electron chi connectivity index (χ3n) is 3.70. The Hall–Kier alpha value is -3.13. The summed E-state index contributed by atoms with van der Waals surface area (Å²) in [5, 5.41) is 11.6. The Kier molecular flexibility index (Phi) is 5.87. The second-order valence-electron chi connectivity index (χ2n) is 5.93. The van der Waals surface area contributed by atoms with E-state index in [1.165, 1.54) is 11.8 Å². The maximum atomic E-state index is 12.2. The Balaban J connectivity index is 1.77. The molecule has 0 aliphatic carbocycles. The van der Waals surface area contributed by atoms with Gasteiger partial charge in [0.25, 0.3) is 0 Å². The highest BCUT2D eigenvalue weighted by molar-refractivity contribution is 7.99. The average Bonchev–Trinajstić information content (AvgIpc) is 3.03. The highest BCUT2D eigenvalue weighted by atomic mass is 32.2. The summed E-state index contributed by atoms with van der Waals surface area (Å²) in [6.07, 6.45) is 0. The summed E-state index contributed by atoms with van der Waals surface area (Å²) in [6, 6.07) is 16.9. The average molecular weight is 381 g/mol. The molecule has 0 saturated carbocycles. The van der Waals surface area contributed by atoms with E-state index in [4.69, 9.17) is 5.73 Å². The van der Waals surface area contributed by atoms with Gasteiger partial charge in [-0.25, -0.2) is 0 Å². The largest absolute Gasteiger partial charge is 0.368 e. The van der Waals surface area contributed by atoms with Gasteiger partial charge >= 0.3 is 0 Å². The molecule has 1 aromatic heterocycles. The maximum absolute atomic E-state index is 12.2. The van der Waals surface area contributed by atoms with E-state index >= 15 is 0 Å². The summed E-state index contributed by atoms with van der Waals surface area (Å²) in [4.78, 5) is 23.7. The number of nitrogens with zero attached hydrogens (tertiary/aromatic N) is 3. The van der Waals surface area contributed by atoms with E-state index in [2.05, 4.69) is 15.5 Å². The van der Waals surface area contributed by atoms with Crippen molar-refractivity contribution in [1.82, 2.24) is 14.8 Å². The van der Waals surface area contributed by atoms with Gasteiger partial charge in [0.05, 0.1) is 5.75 Å². The molecule has 0 fully saturated rings. The number of hydrogen-bond acceptors (Lipinski definition) is 5. The van der Waals surface area contributed by atoms with Gasteiger partial charge < -0.3 is 11.1 Å². The van der Waals surface area contributed by atoms with Crippen molar-refractivity contribution >= 4 is 29.3 Å². The van der Waals surface area contributed by atoms with Crippen LogP contribution in [0, 0.1) is 6.92 Å². The molecule has 3 aromatic rings. The molecule has 3 N–H and O–H groups in total. The number of anilines is 1. The van der Waals surface area contributed by atoms with Crippen LogP contribution < -0.4 is 11.1 Å². The Labute approximate surface area is 161 Å². The highest BCUT2D eigenvalue weighted by Crippen LogP contribution is 2.24. The number of aromatic nitrogens is 3. The first-order valence-corrected chi connectivity index (χ1v) is 9.28. The molecule has 7 nitrogen and oxygen atoms in total. The SMILES string of the molecule is Cc1cccc(-c2nnc(SCC(=O)Nc3ccccc3)n2CC(N)=O)c1. The number of thioether (sulfide) groups is 1. The number of nitrogens with two attached hydrogens (primary N) is 1. The lowest BCUT2D eigenvalue weighted by molar-refractivity contribution is -0.118. The molecule has 2 aromatic carbocycles. The van der Waals surface area contributed by atoms with E-state index in [0.29, 0.717) is 11.0 Å². The van der Waals surface area contributed by atoms with E-state index in [9.17, 15) is 9.59 Å². The van der Waals surface area contributed by atoms with Crippen molar-refractivity contribution in [2.45, 2.75) is 18.6 Å². The van der Waals surface area contributed by atoms with Crippen LogP contribution >= 0.6 is 11.8 Å². The lowest BCUT2D eigenvalue weighted by Crippen LogP contribution is -2.20. The molecule has 0 unspecified atom stereocenters. The standard InChI is InChI=1S/C19H19N5O2S/c1-13-6-5-7-14(10-13)18-22-23-19(24(18)11-16(20)25)27-12-17(26)21-15-8-3-2-4-9-15/h2-10H,11-12H2,1H3,(H2,20,25)(H,21,26). The van der Waals surface area contributed by atoms with Gasteiger partial charge in [-0.15, -0.1) is 10.2 Å². The van der Waals surface area contributed by atoms with Gasteiger partial charge in [0.1, 0.15) is 6.54 Å². The fourth-order valence-corrected chi connectivity index (χ4v) is 3.28. The smallest absolute Gasteiger partial charge is 0.237 e. The first-order valence-electron chi connectivity index (χ1n) is 8.29. The second kappa shape index (κ2) is 8.50. The molecule has 2 amide bonds. The lowest BCUT2D eigenvalue weighted by Gasteiger charge is -2.09. The van der Waals surface area contributed by atoms with Crippen molar-refractivity contribution in [3.05, 3.63) is 60.2 Å². The summed E-state index contributed by atoms with van der Waals surface area (Å²) in [5.74, 6) is 0.0132. The van der Waals surface area contributed by atoms with Crippen LogP contribution in [0.25, 0.3) is 11.4 Å². The fraction of sp³-hybridized carbons (Fsp3) is 0.158. The zero-order valence-electron chi connectivity index (χ0n) is 14.8. The molecule has 3 rings (SSSR count). The number of primary amides is 1. The van der Waals surface area contributed by atoms with E-state index < -0.39 is 5.91 Å². The molecule has 27 heavy (non-hydrogen) atoms. The second-order valence-corrected chi connectivity index (χ2v) is 6.87. The molecule has 0 saturated heterocycles. The van der Waals surface area contributed by atoms with Gasteiger partial charge in [-0.2, -0.15) is 0 Å². The van der Waals surface area contributed by atoms with Crippen molar-refractivity contribution < 1.29 is 9.59 Å². The molecule has 0 atom stereocenters. The Morgan fingerprint density at radius 3 is 2.59 bits per heavy atom. The van der Waals surface area contributed by atoms with Crippen LogP contribution in [0.15, 0.2) is 59.8 Å². The first kappa shape index (κ1) is 18.7. The van der Waals surface area contributed by atoms with Gasteiger partial charge in [-0.05, 0) is 25.1 Å². The van der Waals surface area contributed by atoms with Crippen LogP contribution in [0.1, 0.15) is 5.56 Å². The number of para-hydroxylation sites is 1. The van der Waals surface area contributed by atoms with E-state index in [-0.39, 0.29) is 18.2 Å². The summed E-state index contributed by atoms with van der Waals surface area (Å²) in [7, 11) is 0. The third kappa shape index (κ3) is 4.95. The number of benzene rings is 2. The van der Waals surface area contributed by atoms with Crippen LogP contribution in [0.3, 0.4) is 0 Å². The van der Waals surface area contributed by atoms with E-state index in [1.54, 1.807) is 4.57 Å². The molecular formula is C19H19N5O2S. The van der Waals surface area contributed by atoms with Crippen LogP contribution in [-0.2, 0) is 16.1 Å². The van der Waals surface area contributed by atoms with E-state index in [1.807, 2.05) is 61.5 Å². The number of hydrogen-bond donors (Lipinski definition) is 2. The Morgan fingerprint density at radius 1 is 1.11 bits per heavy atom. The Morgan fingerprint density at radius 2 is 1.89 bits per heavy atom. The molecule has 0 aliphatic heterocycles. The normalized spacial score (nSPS) is 10.6. The number of aryl methyl sites for hydroxylation is 1. The predicted molar refractivity (Wildman–Crippen MR) is 105 cm³/mol. The van der Waals surface area contributed by atoms with Crippen LogP contribution in [-0.4, -0.2) is 32.3 Å². The lowest BCUT2D eigenvalue weighted by atomic mass is 10.1. The molecule has 0 radical (unpaired) electrons. The number of carbonyl (C=O) groups is 2. The summed E-state index contributed by atoms with van der Waals surface area (Å²) in [5.41, 5.74) is 8.01. The molecule has 0 bridgehead atoms. The highest BCUT2D eigenvalue weighted by Gasteiger charge is 2.17. The first-order chi connectivity index (χ1) is 13.0. The van der Waals surface area contributed by atoms with Crippen molar-refractivity contribution in [3.63, 3.8) is 0 Å². The van der Waals surface area contributed by atoms with Gasteiger partial charge in [0, 0.05) is 11.3 Å². The zero-order chi connectivity index (χ0) is 19.2. The Bertz CT molecular complexity index is 956. The molecule has 1 heterocycles. The molecule has 8 heteroatoms. The number of rotatable bonds is 7. The van der Waals surface area contributed by atoms with Gasteiger partial charge in [0.15, 0.2) is 11.0 Å². The monoisotopic (exact) mass is 381 g/mol. The number of amides is 2.